The third-order valence-corrected chi connectivity index (χ3v) is 5.51. The lowest BCUT2D eigenvalue weighted by Crippen LogP contribution is -2.09. The molecule has 0 spiro atoms. The molecule has 0 aliphatic heterocycles. The molecule has 156 valence electrons. The molecule has 2 heterocycles. The van der Waals surface area contributed by atoms with Gasteiger partial charge < -0.3 is 10.6 Å². The van der Waals surface area contributed by atoms with Gasteiger partial charge in [0.25, 0.3) is 0 Å². The monoisotopic (exact) mass is 423 g/mol. The average Bonchev–Trinajstić information content (AvgIpc) is 3.51. The van der Waals surface area contributed by atoms with Gasteiger partial charge in [-0.15, -0.1) is 0 Å². The van der Waals surface area contributed by atoms with Gasteiger partial charge in [-0.1, -0.05) is 20.3 Å². The molecule has 1 aliphatic carbocycles. The van der Waals surface area contributed by atoms with Gasteiger partial charge in [0.1, 0.15) is 5.82 Å². The molecule has 3 aromatic rings. The molecule has 8 nitrogen and oxygen atoms in total. The number of amides is 1. The second-order valence-electron chi connectivity index (χ2n) is 7.26. The molecular formula is C21H25N7OS. The highest BCUT2D eigenvalue weighted by molar-refractivity contribution is 7.99. The van der Waals surface area contributed by atoms with Crippen LogP contribution in [0.2, 0.25) is 0 Å². The first-order valence-corrected chi connectivity index (χ1v) is 11.1. The van der Waals surface area contributed by atoms with Gasteiger partial charge in [0.2, 0.25) is 11.9 Å². The molecule has 4 rings (SSSR count). The van der Waals surface area contributed by atoms with E-state index in [9.17, 15) is 4.79 Å². The standard InChI is InChI=1S/C21H25N7OS/c1-3-5-15-12-17(28-27-15)23-20-24-19(13-6-7-13)25-21(26-20)30-16-10-8-14(9-11-16)22-18(29)4-2/h8-13H,3-7H2,1-2H3,(H,22,29)(H2,23,24,25,26,27,28). The van der Waals surface area contributed by atoms with Crippen molar-refractivity contribution in [3.8, 4) is 0 Å². The molecule has 1 aliphatic rings. The van der Waals surface area contributed by atoms with Crippen LogP contribution < -0.4 is 10.6 Å². The molecule has 9 heteroatoms. The Hall–Kier alpha value is -2.94. The van der Waals surface area contributed by atoms with Crippen LogP contribution in [0.5, 0.6) is 0 Å². The number of nitrogens with zero attached hydrogens (tertiary/aromatic N) is 4. The molecule has 0 unspecified atom stereocenters. The zero-order valence-corrected chi connectivity index (χ0v) is 17.9. The van der Waals surface area contributed by atoms with Crippen molar-refractivity contribution in [2.24, 2.45) is 0 Å². The summed E-state index contributed by atoms with van der Waals surface area (Å²) in [6, 6.07) is 9.66. The van der Waals surface area contributed by atoms with Crippen LogP contribution in [0.3, 0.4) is 0 Å². The van der Waals surface area contributed by atoms with Crippen LogP contribution in [0.1, 0.15) is 57.0 Å². The van der Waals surface area contributed by atoms with E-state index in [1.807, 2.05) is 37.3 Å². The number of rotatable bonds is 9. The van der Waals surface area contributed by atoms with Crippen LogP contribution >= 0.6 is 11.8 Å². The largest absolute Gasteiger partial charge is 0.326 e. The fourth-order valence-corrected chi connectivity index (χ4v) is 3.65. The second-order valence-corrected chi connectivity index (χ2v) is 8.30. The van der Waals surface area contributed by atoms with E-state index >= 15 is 0 Å². The molecule has 1 amide bonds. The Kier molecular flexibility index (Phi) is 6.27. The normalized spacial score (nSPS) is 13.3. The summed E-state index contributed by atoms with van der Waals surface area (Å²) in [5.41, 5.74) is 1.87. The topological polar surface area (TPSA) is 108 Å². The number of hydrogen-bond acceptors (Lipinski definition) is 7. The number of aromatic amines is 1. The minimum atomic E-state index is -0.00174. The average molecular weight is 424 g/mol. The third kappa shape index (κ3) is 5.35. The predicted molar refractivity (Wildman–Crippen MR) is 117 cm³/mol. The number of aromatic nitrogens is 5. The fraction of sp³-hybridized carbons (Fsp3) is 0.381. The lowest BCUT2D eigenvalue weighted by molar-refractivity contribution is -0.115. The third-order valence-electron chi connectivity index (χ3n) is 4.63. The number of nitrogens with one attached hydrogen (secondary N) is 3. The van der Waals surface area contributed by atoms with Crippen molar-refractivity contribution in [1.82, 2.24) is 25.1 Å². The summed E-state index contributed by atoms with van der Waals surface area (Å²) in [4.78, 5) is 26.4. The Labute approximate surface area is 179 Å². The molecule has 0 bridgehead atoms. The smallest absolute Gasteiger partial charge is 0.232 e. The first-order chi connectivity index (χ1) is 14.6. The van der Waals surface area contributed by atoms with Crippen molar-refractivity contribution in [3.05, 3.63) is 41.9 Å². The highest BCUT2D eigenvalue weighted by Gasteiger charge is 2.28. The van der Waals surface area contributed by atoms with Gasteiger partial charge in [0, 0.05) is 34.7 Å². The van der Waals surface area contributed by atoms with Crippen molar-refractivity contribution in [3.63, 3.8) is 0 Å². The Morgan fingerprint density at radius 1 is 1.17 bits per heavy atom. The quantitative estimate of drug-likeness (QED) is 0.459. The molecule has 0 atom stereocenters. The van der Waals surface area contributed by atoms with Crippen molar-refractivity contribution < 1.29 is 4.79 Å². The van der Waals surface area contributed by atoms with E-state index in [1.165, 1.54) is 11.8 Å². The first kappa shape index (κ1) is 20.3. The fourth-order valence-electron chi connectivity index (χ4n) is 2.90. The number of hydrogen-bond donors (Lipinski definition) is 3. The number of benzene rings is 1. The minimum Gasteiger partial charge on any atom is -0.326 e. The summed E-state index contributed by atoms with van der Waals surface area (Å²) >= 11 is 1.48. The SMILES string of the molecule is CCCc1cc(Nc2nc(Sc3ccc(NC(=O)CC)cc3)nc(C3CC3)n2)n[nH]1. The summed E-state index contributed by atoms with van der Waals surface area (Å²) in [5.74, 6) is 2.45. The van der Waals surface area contributed by atoms with Gasteiger partial charge in [-0.3, -0.25) is 9.89 Å². The summed E-state index contributed by atoms with van der Waals surface area (Å²) in [6.07, 6.45) is 4.69. The number of anilines is 3. The van der Waals surface area contributed by atoms with Crippen molar-refractivity contribution >= 4 is 35.1 Å². The molecule has 30 heavy (non-hydrogen) atoms. The van der Waals surface area contributed by atoms with Gasteiger partial charge in [0.05, 0.1) is 0 Å². The highest BCUT2D eigenvalue weighted by Crippen LogP contribution is 2.39. The van der Waals surface area contributed by atoms with Gasteiger partial charge in [-0.05, 0) is 55.3 Å². The lowest BCUT2D eigenvalue weighted by Gasteiger charge is -2.08. The van der Waals surface area contributed by atoms with Gasteiger partial charge in [0.15, 0.2) is 11.0 Å². The first-order valence-electron chi connectivity index (χ1n) is 10.3. The van der Waals surface area contributed by atoms with Crippen LogP contribution in [-0.2, 0) is 11.2 Å². The maximum atomic E-state index is 11.5. The maximum absolute atomic E-state index is 11.5. The van der Waals surface area contributed by atoms with E-state index in [-0.39, 0.29) is 5.91 Å². The molecular weight excluding hydrogens is 398 g/mol. The van der Waals surface area contributed by atoms with E-state index in [1.54, 1.807) is 0 Å². The zero-order chi connectivity index (χ0) is 20.9. The van der Waals surface area contributed by atoms with Gasteiger partial charge in [-0.25, -0.2) is 4.98 Å². The van der Waals surface area contributed by atoms with Crippen LogP contribution in [0.4, 0.5) is 17.5 Å². The molecule has 2 aromatic heterocycles. The van der Waals surface area contributed by atoms with Crippen LogP contribution in [0.25, 0.3) is 0 Å². The van der Waals surface area contributed by atoms with Gasteiger partial charge >= 0.3 is 0 Å². The zero-order valence-electron chi connectivity index (χ0n) is 17.1. The molecule has 1 aromatic carbocycles. The van der Waals surface area contributed by atoms with Gasteiger partial charge in [-0.2, -0.15) is 15.1 Å². The van der Waals surface area contributed by atoms with E-state index in [0.717, 1.165) is 47.8 Å². The Bertz CT molecular complexity index is 1010. The lowest BCUT2D eigenvalue weighted by atomic mass is 10.2. The maximum Gasteiger partial charge on any atom is 0.232 e. The minimum absolute atomic E-state index is 0.00174. The van der Waals surface area contributed by atoms with E-state index in [0.29, 0.717) is 29.3 Å². The Morgan fingerprint density at radius 3 is 2.67 bits per heavy atom. The van der Waals surface area contributed by atoms with Crippen molar-refractivity contribution in [1.29, 1.82) is 0 Å². The van der Waals surface area contributed by atoms with Crippen LogP contribution in [0.15, 0.2) is 40.4 Å². The summed E-state index contributed by atoms with van der Waals surface area (Å²) in [7, 11) is 0. The molecule has 0 radical (unpaired) electrons. The van der Waals surface area contributed by atoms with Crippen LogP contribution in [-0.4, -0.2) is 31.1 Å². The number of carbonyl (C=O) groups excluding carboxylic acids is 1. The number of carbonyl (C=O) groups is 1. The van der Waals surface area contributed by atoms with E-state index in [2.05, 4.69) is 42.7 Å². The predicted octanol–water partition coefficient (Wildman–Crippen LogP) is 4.67. The number of H-pyrrole nitrogens is 1. The number of aryl methyl sites for hydroxylation is 1. The van der Waals surface area contributed by atoms with E-state index < -0.39 is 0 Å². The van der Waals surface area contributed by atoms with Crippen molar-refractivity contribution in [2.45, 2.75) is 61.9 Å². The second kappa shape index (κ2) is 9.25. The van der Waals surface area contributed by atoms with Crippen molar-refractivity contribution in [2.75, 3.05) is 10.6 Å². The summed E-state index contributed by atoms with van der Waals surface area (Å²) in [5, 5.41) is 14.0. The molecule has 1 fully saturated rings. The molecule has 3 N–H and O–H groups in total. The van der Waals surface area contributed by atoms with Crippen LogP contribution in [0, 0.1) is 0 Å². The molecule has 1 saturated carbocycles. The Morgan fingerprint density at radius 2 is 1.97 bits per heavy atom. The molecule has 0 saturated heterocycles. The highest BCUT2D eigenvalue weighted by atomic mass is 32.2. The summed E-state index contributed by atoms with van der Waals surface area (Å²) in [6.45, 7) is 3.96. The van der Waals surface area contributed by atoms with E-state index in [4.69, 9.17) is 0 Å². The summed E-state index contributed by atoms with van der Waals surface area (Å²) < 4.78 is 0. The Balaban J connectivity index is 1.50.